The molecule has 1 saturated carbocycles. The van der Waals surface area contributed by atoms with Gasteiger partial charge in [0.2, 0.25) is 0 Å². The summed E-state index contributed by atoms with van der Waals surface area (Å²) in [7, 11) is 1.86. The molecule has 0 atom stereocenters. The van der Waals surface area contributed by atoms with Crippen LogP contribution in [0.4, 0.5) is 0 Å². The summed E-state index contributed by atoms with van der Waals surface area (Å²) >= 11 is 0. The van der Waals surface area contributed by atoms with Crippen LogP contribution in [-0.4, -0.2) is 49.6 Å². The molecule has 0 spiro atoms. The van der Waals surface area contributed by atoms with Gasteiger partial charge in [0.25, 0.3) is 0 Å². The van der Waals surface area contributed by atoms with Gasteiger partial charge in [-0.15, -0.1) is 24.0 Å². The number of hydrogen-bond acceptors (Lipinski definition) is 2. The van der Waals surface area contributed by atoms with Gasteiger partial charge < -0.3 is 10.6 Å². The molecule has 2 N–H and O–H groups in total. The molecule has 5 heteroatoms. The van der Waals surface area contributed by atoms with E-state index in [-0.39, 0.29) is 24.0 Å². The minimum absolute atomic E-state index is 0. The standard InChI is InChI=1S/C15H32N4.HI/c1-5-19(13(2)3)12-11-17-15(16-4)18-14-9-7-6-8-10-14;/h13-14H,5-12H2,1-4H3,(H2,16,17,18);1H. The highest BCUT2D eigenvalue weighted by atomic mass is 127. The highest BCUT2D eigenvalue weighted by Gasteiger charge is 2.14. The molecule has 0 aromatic carbocycles. The molecule has 0 aromatic rings. The van der Waals surface area contributed by atoms with Crippen LogP contribution in [0.3, 0.4) is 0 Å². The van der Waals surface area contributed by atoms with Crippen LogP contribution < -0.4 is 10.6 Å². The molecule has 20 heavy (non-hydrogen) atoms. The monoisotopic (exact) mass is 396 g/mol. The fourth-order valence-corrected chi connectivity index (χ4v) is 2.73. The van der Waals surface area contributed by atoms with Gasteiger partial charge in [-0.1, -0.05) is 26.2 Å². The van der Waals surface area contributed by atoms with Crippen molar-refractivity contribution in [3.63, 3.8) is 0 Å². The molecule has 0 saturated heterocycles. The van der Waals surface area contributed by atoms with Crippen molar-refractivity contribution in [2.75, 3.05) is 26.7 Å². The van der Waals surface area contributed by atoms with E-state index in [1.54, 1.807) is 0 Å². The van der Waals surface area contributed by atoms with E-state index in [0.29, 0.717) is 12.1 Å². The van der Waals surface area contributed by atoms with Crippen molar-refractivity contribution >= 4 is 29.9 Å². The Morgan fingerprint density at radius 2 is 1.90 bits per heavy atom. The Bertz CT molecular complexity index is 263. The molecule has 0 aromatic heterocycles. The number of halogens is 1. The molecule has 0 aliphatic heterocycles. The number of hydrogen-bond donors (Lipinski definition) is 2. The van der Waals surface area contributed by atoms with Gasteiger partial charge in [0.05, 0.1) is 0 Å². The van der Waals surface area contributed by atoms with E-state index in [1.807, 2.05) is 7.05 Å². The van der Waals surface area contributed by atoms with Crippen molar-refractivity contribution in [2.24, 2.45) is 4.99 Å². The quantitative estimate of drug-likeness (QED) is 0.412. The highest BCUT2D eigenvalue weighted by Crippen LogP contribution is 2.17. The molecule has 0 unspecified atom stereocenters. The number of nitrogens with zero attached hydrogens (tertiary/aromatic N) is 2. The van der Waals surface area contributed by atoms with E-state index < -0.39 is 0 Å². The van der Waals surface area contributed by atoms with Gasteiger partial charge in [0, 0.05) is 32.2 Å². The lowest BCUT2D eigenvalue weighted by molar-refractivity contribution is 0.237. The first kappa shape index (κ1) is 20.0. The predicted molar refractivity (Wildman–Crippen MR) is 99.2 cm³/mol. The summed E-state index contributed by atoms with van der Waals surface area (Å²) in [5.74, 6) is 0.965. The molecular weight excluding hydrogens is 363 g/mol. The second-order valence-electron chi connectivity index (χ2n) is 5.70. The third-order valence-corrected chi connectivity index (χ3v) is 4.00. The van der Waals surface area contributed by atoms with Gasteiger partial charge in [-0.3, -0.25) is 9.89 Å². The summed E-state index contributed by atoms with van der Waals surface area (Å²) < 4.78 is 0. The second-order valence-corrected chi connectivity index (χ2v) is 5.70. The van der Waals surface area contributed by atoms with Crippen LogP contribution in [-0.2, 0) is 0 Å². The first-order valence-electron chi connectivity index (χ1n) is 7.88. The summed E-state index contributed by atoms with van der Waals surface area (Å²) in [4.78, 5) is 6.78. The minimum atomic E-state index is 0. The van der Waals surface area contributed by atoms with Crippen LogP contribution in [0, 0.1) is 0 Å². The Morgan fingerprint density at radius 3 is 2.40 bits per heavy atom. The molecule has 1 aliphatic rings. The summed E-state index contributed by atoms with van der Waals surface area (Å²) in [5, 5.41) is 6.98. The van der Waals surface area contributed by atoms with Crippen molar-refractivity contribution in [3.8, 4) is 0 Å². The summed E-state index contributed by atoms with van der Waals surface area (Å²) in [6, 6.07) is 1.23. The molecular formula is C15H33IN4. The third-order valence-electron chi connectivity index (χ3n) is 4.00. The van der Waals surface area contributed by atoms with Crippen LogP contribution in [0.25, 0.3) is 0 Å². The summed E-state index contributed by atoms with van der Waals surface area (Å²) in [6.07, 6.45) is 6.67. The number of rotatable bonds is 6. The van der Waals surface area contributed by atoms with Crippen molar-refractivity contribution in [1.82, 2.24) is 15.5 Å². The normalized spacial score (nSPS) is 17.2. The average Bonchev–Trinajstić information content (AvgIpc) is 2.43. The van der Waals surface area contributed by atoms with Crippen LogP contribution in [0.1, 0.15) is 52.9 Å². The molecule has 1 aliphatic carbocycles. The molecule has 0 amide bonds. The van der Waals surface area contributed by atoms with Crippen molar-refractivity contribution < 1.29 is 0 Å². The topological polar surface area (TPSA) is 39.7 Å². The smallest absolute Gasteiger partial charge is 0.191 e. The van der Waals surface area contributed by atoms with E-state index in [9.17, 15) is 0 Å². The molecule has 0 bridgehead atoms. The van der Waals surface area contributed by atoms with Gasteiger partial charge in [0.1, 0.15) is 0 Å². The highest BCUT2D eigenvalue weighted by molar-refractivity contribution is 14.0. The SMILES string of the molecule is CCN(CCNC(=NC)NC1CCCCC1)C(C)C.I. The Balaban J connectivity index is 0.00000361. The fraction of sp³-hybridized carbons (Fsp3) is 0.933. The fourth-order valence-electron chi connectivity index (χ4n) is 2.73. The maximum absolute atomic E-state index is 4.33. The Labute approximate surface area is 142 Å². The van der Waals surface area contributed by atoms with Gasteiger partial charge in [-0.05, 0) is 33.2 Å². The van der Waals surface area contributed by atoms with Gasteiger partial charge in [0.15, 0.2) is 5.96 Å². The molecule has 0 heterocycles. The zero-order chi connectivity index (χ0) is 14.1. The number of aliphatic imine (C=N–C) groups is 1. The Kier molecular flexibility index (Phi) is 11.6. The lowest BCUT2D eigenvalue weighted by atomic mass is 9.96. The van der Waals surface area contributed by atoms with E-state index in [4.69, 9.17) is 0 Å². The Hall–Kier alpha value is -0.0400. The minimum Gasteiger partial charge on any atom is -0.355 e. The van der Waals surface area contributed by atoms with Crippen LogP contribution in [0.5, 0.6) is 0 Å². The first-order valence-corrected chi connectivity index (χ1v) is 7.88. The second kappa shape index (κ2) is 11.6. The number of nitrogens with one attached hydrogen (secondary N) is 2. The largest absolute Gasteiger partial charge is 0.355 e. The number of likely N-dealkylation sites (N-methyl/N-ethyl adjacent to an activating group) is 1. The molecule has 120 valence electrons. The van der Waals surface area contributed by atoms with E-state index in [0.717, 1.165) is 25.6 Å². The Morgan fingerprint density at radius 1 is 1.25 bits per heavy atom. The average molecular weight is 396 g/mol. The van der Waals surface area contributed by atoms with Crippen molar-refractivity contribution in [1.29, 1.82) is 0 Å². The molecule has 1 fully saturated rings. The maximum atomic E-state index is 4.33. The van der Waals surface area contributed by atoms with Crippen molar-refractivity contribution in [2.45, 2.75) is 65.0 Å². The lowest BCUT2D eigenvalue weighted by Gasteiger charge is -2.27. The van der Waals surface area contributed by atoms with E-state index in [1.165, 1.54) is 32.1 Å². The summed E-state index contributed by atoms with van der Waals surface area (Å²) in [6.45, 7) is 9.85. The van der Waals surface area contributed by atoms with Gasteiger partial charge in [-0.25, -0.2) is 0 Å². The third kappa shape index (κ3) is 7.67. The van der Waals surface area contributed by atoms with Gasteiger partial charge >= 0.3 is 0 Å². The van der Waals surface area contributed by atoms with E-state index >= 15 is 0 Å². The zero-order valence-electron chi connectivity index (χ0n) is 13.6. The molecule has 1 rings (SSSR count). The van der Waals surface area contributed by atoms with Crippen LogP contribution in [0.15, 0.2) is 4.99 Å². The van der Waals surface area contributed by atoms with Crippen LogP contribution in [0.2, 0.25) is 0 Å². The predicted octanol–water partition coefficient (Wildman–Crippen LogP) is 2.83. The van der Waals surface area contributed by atoms with Gasteiger partial charge in [-0.2, -0.15) is 0 Å². The lowest BCUT2D eigenvalue weighted by Crippen LogP contribution is -2.46. The summed E-state index contributed by atoms with van der Waals surface area (Å²) in [5.41, 5.74) is 0. The molecule has 4 nitrogen and oxygen atoms in total. The van der Waals surface area contributed by atoms with E-state index in [2.05, 4.69) is 41.3 Å². The maximum Gasteiger partial charge on any atom is 0.191 e. The zero-order valence-corrected chi connectivity index (χ0v) is 15.9. The van der Waals surface area contributed by atoms with Crippen molar-refractivity contribution in [3.05, 3.63) is 0 Å². The van der Waals surface area contributed by atoms with Crippen LogP contribution >= 0.6 is 24.0 Å². The number of guanidine groups is 1. The first-order chi connectivity index (χ1) is 9.17. The molecule has 0 radical (unpaired) electrons.